The largest absolute Gasteiger partial charge is 0.354 e. The molecule has 2 aromatic rings. The number of aromatic nitrogens is 2. The molecule has 1 N–H and O–H groups in total. The molecule has 3 atom stereocenters. The van der Waals surface area contributed by atoms with Crippen molar-refractivity contribution in [2.75, 3.05) is 20.6 Å². The van der Waals surface area contributed by atoms with Crippen LogP contribution in [0.5, 0.6) is 0 Å². The molecule has 1 heterocycles. The fourth-order valence-corrected chi connectivity index (χ4v) is 3.42. The number of amides is 1. The van der Waals surface area contributed by atoms with Crippen LogP contribution in [0.4, 0.5) is 0 Å². The summed E-state index contributed by atoms with van der Waals surface area (Å²) >= 11 is 6.23. The van der Waals surface area contributed by atoms with Crippen molar-refractivity contribution in [2.24, 2.45) is 13.0 Å². The van der Waals surface area contributed by atoms with Crippen LogP contribution in [0.2, 0.25) is 5.02 Å². The molecule has 1 saturated carbocycles. The van der Waals surface area contributed by atoms with E-state index in [1.165, 1.54) is 0 Å². The number of nitrogens with one attached hydrogen (secondary N) is 1. The van der Waals surface area contributed by atoms with Gasteiger partial charge in [0.05, 0.1) is 12.2 Å². The van der Waals surface area contributed by atoms with Crippen LogP contribution in [0.3, 0.4) is 0 Å². The Morgan fingerprint density at radius 3 is 2.83 bits per heavy atom. The van der Waals surface area contributed by atoms with Gasteiger partial charge in [0.25, 0.3) is 0 Å². The molecule has 1 aromatic carbocycles. The molecule has 0 bridgehead atoms. The van der Waals surface area contributed by atoms with Crippen molar-refractivity contribution in [3.05, 3.63) is 52.8 Å². The van der Waals surface area contributed by atoms with Gasteiger partial charge in [-0.2, -0.15) is 5.10 Å². The number of nitrogens with zero attached hydrogens (tertiary/aromatic N) is 3. The second-order valence-electron chi connectivity index (χ2n) is 6.64. The van der Waals surface area contributed by atoms with Crippen molar-refractivity contribution < 1.29 is 4.79 Å². The number of hydrogen-bond acceptors (Lipinski definition) is 3. The number of likely N-dealkylation sites (N-methyl/N-ethyl adjacent to an activating group) is 1. The van der Waals surface area contributed by atoms with E-state index in [0.29, 0.717) is 6.54 Å². The van der Waals surface area contributed by atoms with E-state index >= 15 is 0 Å². The third-order valence-corrected chi connectivity index (χ3v) is 4.98. The van der Waals surface area contributed by atoms with Crippen LogP contribution in [0, 0.1) is 5.92 Å². The summed E-state index contributed by atoms with van der Waals surface area (Å²) in [5.41, 5.74) is 2.18. The molecule has 128 valence electrons. The first-order chi connectivity index (χ1) is 11.5. The monoisotopic (exact) mass is 346 g/mol. The number of carbonyl (C=O) groups is 1. The molecule has 1 amide bonds. The molecular weight excluding hydrogens is 324 g/mol. The van der Waals surface area contributed by atoms with Gasteiger partial charge in [0.2, 0.25) is 5.91 Å². The van der Waals surface area contributed by atoms with Gasteiger partial charge in [-0.25, -0.2) is 0 Å². The molecule has 5 nitrogen and oxygen atoms in total. The minimum absolute atomic E-state index is 0.0293. The van der Waals surface area contributed by atoms with Crippen molar-refractivity contribution in [3.63, 3.8) is 0 Å². The van der Waals surface area contributed by atoms with Crippen LogP contribution in [0.25, 0.3) is 0 Å². The summed E-state index contributed by atoms with van der Waals surface area (Å²) in [6, 6.07) is 7.89. The number of halogens is 1. The van der Waals surface area contributed by atoms with Gasteiger partial charge in [-0.15, -0.1) is 0 Å². The highest BCUT2D eigenvalue weighted by Gasteiger charge is 2.44. The molecule has 0 unspecified atom stereocenters. The van der Waals surface area contributed by atoms with Gasteiger partial charge in [0.15, 0.2) is 0 Å². The second kappa shape index (κ2) is 6.95. The lowest BCUT2D eigenvalue weighted by atomic mass is 10.1. The van der Waals surface area contributed by atoms with Gasteiger partial charge < -0.3 is 10.2 Å². The smallest absolute Gasteiger partial charge is 0.223 e. The Labute approximate surface area is 147 Å². The van der Waals surface area contributed by atoms with E-state index in [1.54, 1.807) is 4.68 Å². The van der Waals surface area contributed by atoms with Crippen molar-refractivity contribution in [2.45, 2.75) is 18.4 Å². The van der Waals surface area contributed by atoms with Crippen LogP contribution in [0.15, 0.2) is 36.7 Å². The minimum Gasteiger partial charge on any atom is -0.354 e. The highest BCUT2D eigenvalue weighted by Crippen LogP contribution is 2.49. The number of benzene rings is 1. The van der Waals surface area contributed by atoms with Crippen molar-refractivity contribution in [3.8, 4) is 0 Å². The maximum absolute atomic E-state index is 12.5. The quantitative estimate of drug-likeness (QED) is 0.874. The van der Waals surface area contributed by atoms with Crippen LogP contribution in [-0.2, 0) is 11.8 Å². The fourth-order valence-electron chi connectivity index (χ4n) is 3.14. The SMILES string of the molecule is CN(C)[C@H](CNC(=O)[C@H]1C[C@@H]1c1ccccc1Cl)c1cnn(C)c1. The predicted octanol–water partition coefficient (Wildman–Crippen LogP) is 2.60. The standard InChI is InChI=1S/C18H23ClN4O/c1-22(2)17(12-9-21-23(3)11-12)10-20-18(24)15-8-14(15)13-6-4-5-7-16(13)19/h4-7,9,11,14-15,17H,8,10H2,1-3H3,(H,20,24)/t14-,15+,17-/m1/s1. The summed E-state index contributed by atoms with van der Waals surface area (Å²) in [6.45, 7) is 0.573. The summed E-state index contributed by atoms with van der Waals surface area (Å²) in [7, 11) is 5.91. The molecule has 3 rings (SSSR count). The Morgan fingerprint density at radius 1 is 1.46 bits per heavy atom. The van der Waals surface area contributed by atoms with E-state index in [-0.39, 0.29) is 23.8 Å². The predicted molar refractivity (Wildman–Crippen MR) is 94.9 cm³/mol. The van der Waals surface area contributed by atoms with E-state index in [4.69, 9.17) is 11.6 Å². The Morgan fingerprint density at radius 2 is 2.21 bits per heavy atom. The summed E-state index contributed by atoms with van der Waals surface area (Å²) in [6.07, 6.45) is 4.70. The van der Waals surface area contributed by atoms with Gasteiger partial charge in [0, 0.05) is 36.3 Å². The van der Waals surface area contributed by atoms with Crippen molar-refractivity contribution in [1.29, 1.82) is 0 Å². The first kappa shape index (κ1) is 17.0. The van der Waals surface area contributed by atoms with Gasteiger partial charge in [-0.3, -0.25) is 9.48 Å². The maximum Gasteiger partial charge on any atom is 0.223 e. The molecule has 0 saturated heterocycles. The maximum atomic E-state index is 12.5. The van der Waals surface area contributed by atoms with Gasteiger partial charge in [0.1, 0.15) is 0 Å². The van der Waals surface area contributed by atoms with E-state index in [2.05, 4.69) is 15.3 Å². The number of carbonyl (C=O) groups excluding carboxylic acids is 1. The van der Waals surface area contributed by atoms with Crippen LogP contribution >= 0.6 is 11.6 Å². The normalized spacial score (nSPS) is 20.9. The summed E-state index contributed by atoms with van der Waals surface area (Å²) in [4.78, 5) is 14.6. The number of rotatable bonds is 6. The molecule has 0 spiro atoms. The fraction of sp³-hybridized carbons (Fsp3) is 0.444. The zero-order valence-electron chi connectivity index (χ0n) is 14.2. The van der Waals surface area contributed by atoms with E-state index in [9.17, 15) is 4.79 Å². The number of hydrogen-bond donors (Lipinski definition) is 1. The summed E-state index contributed by atoms with van der Waals surface area (Å²) in [5.74, 6) is 0.382. The average Bonchev–Trinajstić information content (AvgIpc) is 3.22. The Hall–Kier alpha value is -1.85. The van der Waals surface area contributed by atoms with Gasteiger partial charge in [-0.1, -0.05) is 29.8 Å². The van der Waals surface area contributed by atoms with Crippen LogP contribution < -0.4 is 5.32 Å². The van der Waals surface area contributed by atoms with E-state index in [0.717, 1.165) is 22.6 Å². The summed E-state index contributed by atoms with van der Waals surface area (Å²) in [5, 5.41) is 8.06. The highest BCUT2D eigenvalue weighted by atomic mass is 35.5. The molecule has 1 aliphatic rings. The Bertz CT molecular complexity index is 727. The lowest BCUT2D eigenvalue weighted by Gasteiger charge is -2.23. The zero-order valence-corrected chi connectivity index (χ0v) is 15.0. The lowest BCUT2D eigenvalue weighted by molar-refractivity contribution is -0.122. The van der Waals surface area contributed by atoms with Crippen LogP contribution in [-0.4, -0.2) is 41.2 Å². The third kappa shape index (κ3) is 3.62. The highest BCUT2D eigenvalue weighted by molar-refractivity contribution is 6.31. The molecule has 1 fully saturated rings. The van der Waals surface area contributed by atoms with Crippen molar-refractivity contribution in [1.82, 2.24) is 20.0 Å². The van der Waals surface area contributed by atoms with Crippen molar-refractivity contribution >= 4 is 17.5 Å². The number of aryl methyl sites for hydroxylation is 1. The molecule has 1 aromatic heterocycles. The topological polar surface area (TPSA) is 50.2 Å². The Balaban J connectivity index is 1.59. The lowest BCUT2D eigenvalue weighted by Crippen LogP contribution is -2.35. The molecule has 24 heavy (non-hydrogen) atoms. The first-order valence-corrected chi connectivity index (χ1v) is 8.52. The van der Waals surface area contributed by atoms with Crippen LogP contribution in [0.1, 0.15) is 29.5 Å². The summed E-state index contributed by atoms with van der Waals surface area (Å²) < 4.78 is 1.78. The molecule has 0 radical (unpaired) electrons. The average molecular weight is 347 g/mol. The Kier molecular flexibility index (Phi) is 4.92. The molecule has 6 heteroatoms. The minimum atomic E-state index is 0.0293. The van der Waals surface area contributed by atoms with Gasteiger partial charge >= 0.3 is 0 Å². The zero-order chi connectivity index (χ0) is 17.3. The van der Waals surface area contributed by atoms with Gasteiger partial charge in [-0.05, 0) is 38.1 Å². The second-order valence-corrected chi connectivity index (χ2v) is 7.05. The first-order valence-electron chi connectivity index (χ1n) is 8.14. The third-order valence-electron chi connectivity index (χ3n) is 4.63. The molecule has 1 aliphatic carbocycles. The molecule has 0 aliphatic heterocycles. The van der Waals surface area contributed by atoms with E-state index in [1.807, 2.05) is 57.8 Å². The van der Waals surface area contributed by atoms with E-state index < -0.39 is 0 Å². The molecular formula is C18H23ClN4O.